The van der Waals surface area contributed by atoms with Gasteiger partial charge in [0.25, 0.3) is 10.0 Å². The third-order valence-corrected chi connectivity index (χ3v) is 5.83. The Kier molecular flexibility index (Phi) is 2.98. The number of sulfonamides is 2. The number of halogens is 7. The van der Waals surface area contributed by atoms with Crippen LogP contribution in [0.25, 0.3) is 0 Å². The lowest BCUT2D eigenvalue weighted by molar-refractivity contribution is -0.232. The number of rotatable bonds is 0. The van der Waals surface area contributed by atoms with Crippen molar-refractivity contribution < 1.29 is 47.6 Å². The molecule has 1 rings (SSSR count). The molecular weight excluding hydrogens is 323 g/mol. The number of hydrogen-bond acceptors (Lipinski definition) is 4. The van der Waals surface area contributed by atoms with Crippen molar-refractivity contribution in [2.75, 3.05) is 0 Å². The Bertz CT molecular complexity index is 561. The third-order valence-electron chi connectivity index (χ3n) is 1.89. The van der Waals surface area contributed by atoms with Gasteiger partial charge in [0.05, 0.1) is 0 Å². The van der Waals surface area contributed by atoms with Gasteiger partial charge >= 0.3 is 17.4 Å². The summed E-state index contributed by atoms with van der Waals surface area (Å²) < 4.78 is 130. The highest BCUT2D eigenvalue weighted by Crippen LogP contribution is 2.50. The molecule has 0 aromatic carbocycles. The van der Waals surface area contributed by atoms with Crippen LogP contribution in [0.15, 0.2) is 0 Å². The molecule has 0 saturated carbocycles. The molecule has 1 aliphatic rings. The lowest BCUT2D eigenvalue weighted by Crippen LogP contribution is -2.70. The molecule has 1 N–H and O–H groups in total. The van der Waals surface area contributed by atoms with E-state index >= 15 is 0 Å². The van der Waals surface area contributed by atoms with Crippen molar-refractivity contribution in [3.05, 3.63) is 0 Å². The predicted molar refractivity (Wildman–Crippen MR) is 40.7 cm³/mol. The summed E-state index contributed by atoms with van der Waals surface area (Å²) >= 11 is 0. The van der Waals surface area contributed by atoms with E-state index in [4.69, 9.17) is 0 Å². The van der Waals surface area contributed by atoms with Crippen LogP contribution in [0.3, 0.4) is 0 Å². The van der Waals surface area contributed by atoms with E-state index in [1.165, 1.54) is 0 Å². The molecule has 0 radical (unpaired) electrons. The Morgan fingerprint density at radius 1 is 0.944 bits per heavy atom. The molecular formula is C4H2F7NO4S2. The van der Waals surface area contributed by atoms with Crippen molar-refractivity contribution in [3.8, 4) is 0 Å². The van der Waals surface area contributed by atoms with Crippen LogP contribution in [-0.2, 0) is 20.0 Å². The Labute approximate surface area is 95.1 Å². The second-order valence-corrected chi connectivity index (χ2v) is 6.94. The van der Waals surface area contributed by atoms with Gasteiger partial charge in [-0.15, -0.1) is 4.13 Å². The maximum absolute atomic E-state index is 12.9. The average Bonchev–Trinajstić information content (AvgIpc) is 1.93. The van der Waals surface area contributed by atoms with E-state index in [9.17, 15) is 47.6 Å². The van der Waals surface area contributed by atoms with Crippen molar-refractivity contribution in [2.24, 2.45) is 0 Å². The van der Waals surface area contributed by atoms with Crippen LogP contribution in [0.4, 0.5) is 30.7 Å². The Morgan fingerprint density at radius 3 is 1.67 bits per heavy atom. The molecule has 1 aliphatic heterocycles. The first kappa shape index (κ1) is 15.4. The van der Waals surface area contributed by atoms with E-state index in [-0.39, 0.29) is 4.13 Å². The van der Waals surface area contributed by atoms with Gasteiger partial charge in [-0.05, 0) is 0 Å². The molecule has 0 spiro atoms. The minimum atomic E-state index is -6.49. The van der Waals surface area contributed by atoms with Crippen molar-refractivity contribution in [2.45, 2.75) is 22.6 Å². The second kappa shape index (κ2) is 3.47. The standard InChI is InChI=1S/C4H2F7NO4S2/c5-2(6)1(3(7,8)9)17(13,14)12-18(15,16)4(2,10)11/h1,12H. The summed E-state index contributed by atoms with van der Waals surface area (Å²) in [5, 5.41) is -11.1. The van der Waals surface area contributed by atoms with Crippen molar-refractivity contribution in [3.63, 3.8) is 0 Å². The van der Waals surface area contributed by atoms with E-state index in [1.54, 1.807) is 0 Å². The molecule has 1 saturated heterocycles. The first-order chi connectivity index (χ1) is 7.57. The van der Waals surface area contributed by atoms with Crippen LogP contribution in [0.1, 0.15) is 0 Å². The summed E-state index contributed by atoms with van der Waals surface area (Å²) in [5.74, 6) is -6.35. The molecule has 18 heavy (non-hydrogen) atoms. The molecule has 0 amide bonds. The van der Waals surface area contributed by atoms with E-state index in [0.29, 0.717) is 0 Å². The summed E-state index contributed by atoms with van der Waals surface area (Å²) in [5.41, 5.74) is 0. The van der Waals surface area contributed by atoms with E-state index < -0.39 is 42.6 Å². The highest BCUT2D eigenvalue weighted by Gasteiger charge is 2.82. The van der Waals surface area contributed by atoms with Gasteiger partial charge in [-0.2, -0.15) is 30.7 Å². The Hall–Kier alpha value is -0.630. The van der Waals surface area contributed by atoms with Crippen molar-refractivity contribution in [1.82, 2.24) is 4.13 Å². The minimum Gasteiger partial charge on any atom is -0.211 e. The van der Waals surface area contributed by atoms with Gasteiger partial charge in [0.15, 0.2) is 0 Å². The summed E-state index contributed by atoms with van der Waals surface area (Å²) in [6.45, 7) is 0. The number of nitrogens with one attached hydrogen (secondary N) is 1. The van der Waals surface area contributed by atoms with Crippen molar-refractivity contribution >= 4 is 20.0 Å². The Morgan fingerprint density at radius 2 is 1.33 bits per heavy atom. The zero-order valence-corrected chi connectivity index (χ0v) is 9.31. The van der Waals surface area contributed by atoms with Crippen LogP contribution in [0.5, 0.6) is 0 Å². The zero-order valence-electron chi connectivity index (χ0n) is 7.67. The summed E-state index contributed by atoms with van der Waals surface area (Å²) in [4.78, 5) is 0. The number of alkyl halides is 7. The normalized spacial score (nSPS) is 32.9. The predicted octanol–water partition coefficient (Wildman–Crippen LogP) is 0.408. The quantitative estimate of drug-likeness (QED) is 0.654. The SMILES string of the molecule is O=S1(=O)NS(=O)(=O)C(F)(F)C(F)(F)C1C(F)(F)F. The molecule has 5 nitrogen and oxygen atoms in total. The van der Waals surface area contributed by atoms with Gasteiger partial charge in [-0.1, -0.05) is 0 Å². The fourth-order valence-corrected chi connectivity index (χ4v) is 4.63. The van der Waals surface area contributed by atoms with Gasteiger partial charge in [-0.3, -0.25) is 0 Å². The molecule has 1 atom stereocenters. The summed E-state index contributed by atoms with van der Waals surface area (Å²) in [6, 6.07) is 0. The molecule has 14 heteroatoms. The first-order valence-corrected chi connectivity index (χ1v) is 6.69. The molecule has 108 valence electrons. The lowest BCUT2D eigenvalue weighted by atomic mass is 10.2. The topological polar surface area (TPSA) is 80.3 Å². The van der Waals surface area contributed by atoms with Gasteiger partial charge in [0, 0.05) is 0 Å². The van der Waals surface area contributed by atoms with Gasteiger partial charge in [-0.25, -0.2) is 16.8 Å². The zero-order chi connectivity index (χ0) is 14.8. The van der Waals surface area contributed by atoms with Crippen LogP contribution in [0.2, 0.25) is 0 Å². The molecule has 0 aliphatic carbocycles. The maximum atomic E-state index is 12.9. The second-order valence-electron chi connectivity index (χ2n) is 3.19. The fraction of sp³-hybridized carbons (Fsp3) is 1.00. The van der Waals surface area contributed by atoms with Gasteiger partial charge in [0.2, 0.25) is 15.3 Å². The maximum Gasteiger partial charge on any atom is 0.423 e. The van der Waals surface area contributed by atoms with E-state index in [1.807, 2.05) is 0 Å². The summed E-state index contributed by atoms with van der Waals surface area (Å²) in [7, 11) is -12.8. The van der Waals surface area contributed by atoms with E-state index in [0.717, 1.165) is 0 Å². The largest absolute Gasteiger partial charge is 0.423 e. The first-order valence-electron chi connectivity index (χ1n) is 3.66. The lowest BCUT2D eigenvalue weighted by Gasteiger charge is -2.36. The van der Waals surface area contributed by atoms with Gasteiger partial charge < -0.3 is 0 Å². The van der Waals surface area contributed by atoms with Crippen LogP contribution < -0.4 is 4.13 Å². The van der Waals surface area contributed by atoms with Crippen molar-refractivity contribution in [1.29, 1.82) is 0 Å². The molecule has 0 bridgehead atoms. The molecule has 1 unspecified atom stereocenters. The smallest absolute Gasteiger partial charge is 0.211 e. The Balaban J connectivity index is 3.67. The van der Waals surface area contributed by atoms with E-state index in [2.05, 4.69) is 0 Å². The highest BCUT2D eigenvalue weighted by molar-refractivity contribution is 8.06. The van der Waals surface area contributed by atoms with Gasteiger partial charge in [0.1, 0.15) is 0 Å². The highest BCUT2D eigenvalue weighted by atomic mass is 32.3. The molecule has 1 fully saturated rings. The monoisotopic (exact) mass is 325 g/mol. The fourth-order valence-electron chi connectivity index (χ4n) is 1.16. The molecule has 0 aromatic rings. The van der Waals surface area contributed by atoms with Crippen LogP contribution >= 0.6 is 0 Å². The third kappa shape index (κ3) is 1.85. The van der Waals surface area contributed by atoms with Crippen LogP contribution in [-0.4, -0.2) is 39.4 Å². The molecule has 0 aromatic heterocycles. The summed E-state index contributed by atoms with van der Waals surface area (Å²) in [6.07, 6.45) is -6.28. The number of hydrogen-bond donors (Lipinski definition) is 1. The minimum absolute atomic E-state index is 0.0711. The van der Waals surface area contributed by atoms with Crippen LogP contribution in [0, 0.1) is 0 Å². The average molecular weight is 325 g/mol. The molecule has 1 heterocycles.